The maximum absolute atomic E-state index is 12.3. The van der Waals surface area contributed by atoms with Crippen LogP contribution in [0, 0.1) is 5.92 Å². The molecule has 2 rings (SSSR count). The molecule has 1 unspecified atom stereocenters. The average Bonchev–Trinajstić information content (AvgIpc) is 2.58. The second kappa shape index (κ2) is 9.26. The Morgan fingerprint density at radius 3 is 2.00 bits per heavy atom. The van der Waals surface area contributed by atoms with E-state index in [0.29, 0.717) is 39.0 Å². The zero-order valence-electron chi connectivity index (χ0n) is 14.6. The molecular weight excluding hydrogens is 290 g/mol. The predicted octanol–water partition coefficient (Wildman–Crippen LogP) is 2.15. The number of hydrogen-bond acceptors (Lipinski definition) is 3. The third-order valence-corrected chi connectivity index (χ3v) is 5.29. The van der Waals surface area contributed by atoms with Crippen molar-refractivity contribution in [3.63, 3.8) is 0 Å². The van der Waals surface area contributed by atoms with Gasteiger partial charge in [0.1, 0.15) is 0 Å². The Kier molecular flexibility index (Phi) is 7.34. The molecule has 0 aromatic heterocycles. The Morgan fingerprint density at radius 1 is 0.957 bits per heavy atom. The molecule has 0 spiro atoms. The van der Waals surface area contributed by atoms with Gasteiger partial charge in [-0.2, -0.15) is 0 Å². The van der Waals surface area contributed by atoms with E-state index in [0.717, 1.165) is 18.8 Å². The molecule has 1 saturated carbocycles. The van der Waals surface area contributed by atoms with Gasteiger partial charge >= 0.3 is 0 Å². The van der Waals surface area contributed by atoms with Crippen molar-refractivity contribution in [2.24, 2.45) is 11.7 Å². The minimum Gasteiger partial charge on any atom is -0.339 e. The van der Waals surface area contributed by atoms with Crippen molar-refractivity contribution in [1.82, 2.24) is 9.80 Å². The lowest BCUT2D eigenvalue weighted by molar-refractivity contribution is -0.139. The number of carbonyl (C=O) groups excluding carboxylic acids is 2. The summed E-state index contributed by atoms with van der Waals surface area (Å²) >= 11 is 0. The van der Waals surface area contributed by atoms with Gasteiger partial charge in [-0.3, -0.25) is 9.59 Å². The predicted molar refractivity (Wildman–Crippen MR) is 91.9 cm³/mol. The Bertz CT molecular complexity index is 384. The monoisotopic (exact) mass is 323 g/mol. The van der Waals surface area contributed by atoms with Crippen LogP contribution in [0.15, 0.2) is 0 Å². The minimum atomic E-state index is 0.0709. The Balaban J connectivity index is 1.64. The standard InChI is InChI=1S/C18H33N3O2/c1-15(19)7-9-17(22)20-11-13-21(14-12-20)18(23)10-8-16-5-3-2-4-6-16/h15-16H,2-14,19H2,1H3. The number of hydrogen-bond donors (Lipinski definition) is 1. The Labute approximate surface area is 140 Å². The normalized spacial score (nSPS) is 21.3. The summed E-state index contributed by atoms with van der Waals surface area (Å²) in [6.07, 6.45) is 9.62. The highest BCUT2D eigenvalue weighted by molar-refractivity contribution is 5.78. The van der Waals surface area contributed by atoms with Gasteiger partial charge in [-0.25, -0.2) is 0 Å². The molecule has 1 saturated heterocycles. The third kappa shape index (κ3) is 6.13. The molecule has 0 aromatic rings. The summed E-state index contributed by atoms with van der Waals surface area (Å²) in [5.41, 5.74) is 5.70. The molecule has 2 fully saturated rings. The minimum absolute atomic E-state index is 0.0709. The molecule has 1 aliphatic heterocycles. The summed E-state index contributed by atoms with van der Waals surface area (Å²) in [6, 6.07) is 0.0709. The fourth-order valence-electron chi connectivity index (χ4n) is 3.68. The smallest absolute Gasteiger partial charge is 0.222 e. The molecule has 132 valence electrons. The number of nitrogens with zero attached hydrogens (tertiary/aromatic N) is 2. The summed E-state index contributed by atoms with van der Waals surface area (Å²) in [4.78, 5) is 28.2. The van der Waals surface area contributed by atoms with Crippen LogP contribution in [0.3, 0.4) is 0 Å². The van der Waals surface area contributed by atoms with Gasteiger partial charge in [-0.1, -0.05) is 32.1 Å². The van der Waals surface area contributed by atoms with Gasteiger partial charge < -0.3 is 15.5 Å². The molecule has 5 nitrogen and oxygen atoms in total. The quantitative estimate of drug-likeness (QED) is 0.814. The van der Waals surface area contributed by atoms with E-state index >= 15 is 0 Å². The zero-order valence-corrected chi connectivity index (χ0v) is 14.6. The Morgan fingerprint density at radius 2 is 1.48 bits per heavy atom. The highest BCUT2D eigenvalue weighted by Gasteiger charge is 2.24. The summed E-state index contributed by atoms with van der Waals surface area (Å²) in [5.74, 6) is 1.21. The Hall–Kier alpha value is -1.10. The molecule has 23 heavy (non-hydrogen) atoms. The number of rotatable bonds is 6. The van der Waals surface area contributed by atoms with Crippen molar-refractivity contribution in [3.8, 4) is 0 Å². The van der Waals surface area contributed by atoms with Gasteiger partial charge in [-0.05, 0) is 25.7 Å². The van der Waals surface area contributed by atoms with Gasteiger partial charge in [0.2, 0.25) is 11.8 Å². The van der Waals surface area contributed by atoms with Crippen LogP contribution in [0.5, 0.6) is 0 Å². The molecule has 1 aliphatic carbocycles. The first-order chi connectivity index (χ1) is 11.1. The molecule has 2 N–H and O–H groups in total. The van der Waals surface area contributed by atoms with Crippen molar-refractivity contribution in [2.45, 2.75) is 70.8 Å². The van der Waals surface area contributed by atoms with Crippen molar-refractivity contribution >= 4 is 11.8 Å². The largest absolute Gasteiger partial charge is 0.339 e. The van der Waals surface area contributed by atoms with Gasteiger partial charge in [0.25, 0.3) is 0 Å². The van der Waals surface area contributed by atoms with E-state index in [1.54, 1.807) is 0 Å². The lowest BCUT2D eigenvalue weighted by Gasteiger charge is -2.35. The lowest BCUT2D eigenvalue weighted by atomic mass is 9.86. The first-order valence-corrected chi connectivity index (χ1v) is 9.37. The number of nitrogens with two attached hydrogens (primary N) is 1. The maximum Gasteiger partial charge on any atom is 0.222 e. The average molecular weight is 323 g/mol. The van der Waals surface area contributed by atoms with Crippen molar-refractivity contribution < 1.29 is 9.59 Å². The maximum atomic E-state index is 12.3. The lowest BCUT2D eigenvalue weighted by Crippen LogP contribution is -2.50. The highest BCUT2D eigenvalue weighted by atomic mass is 16.2. The van der Waals surface area contributed by atoms with Crippen LogP contribution in [0.2, 0.25) is 0 Å². The summed E-state index contributed by atoms with van der Waals surface area (Å²) < 4.78 is 0. The van der Waals surface area contributed by atoms with Gasteiger partial charge in [0, 0.05) is 45.1 Å². The molecule has 5 heteroatoms. The number of carbonyl (C=O) groups is 2. The van der Waals surface area contributed by atoms with Crippen molar-refractivity contribution in [1.29, 1.82) is 0 Å². The first kappa shape index (κ1) is 18.2. The van der Waals surface area contributed by atoms with E-state index in [4.69, 9.17) is 5.73 Å². The summed E-state index contributed by atoms with van der Waals surface area (Å²) in [7, 11) is 0. The second-order valence-electron chi connectivity index (χ2n) is 7.32. The van der Waals surface area contributed by atoms with Crippen molar-refractivity contribution in [2.75, 3.05) is 26.2 Å². The van der Waals surface area contributed by atoms with Crippen LogP contribution in [0.25, 0.3) is 0 Å². The first-order valence-electron chi connectivity index (χ1n) is 9.37. The van der Waals surface area contributed by atoms with Crippen LogP contribution in [0.1, 0.15) is 64.7 Å². The molecule has 2 amide bonds. The van der Waals surface area contributed by atoms with E-state index in [1.165, 1.54) is 32.1 Å². The molecule has 0 bridgehead atoms. The zero-order chi connectivity index (χ0) is 16.7. The van der Waals surface area contributed by atoms with Gasteiger partial charge in [0.15, 0.2) is 0 Å². The fraction of sp³-hybridized carbons (Fsp3) is 0.889. The van der Waals surface area contributed by atoms with Crippen LogP contribution in [-0.2, 0) is 9.59 Å². The fourth-order valence-corrected chi connectivity index (χ4v) is 3.68. The van der Waals surface area contributed by atoms with Gasteiger partial charge in [-0.15, -0.1) is 0 Å². The number of piperazine rings is 1. The van der Waals surface area contributed by atoms with E-state index in [2.05, 4.69) is 0 Å². The van der Waals surface area contributed by atoms with E-state index in [1.807, 2.05) is 16.7 Å². The molecule has 0 aromatic carbocycles. The molecule has 1 atom stereocenters. The number of amides is 2. The van der Waals surface area contributed by atoms with E-state index in [9.17, 15) is 9.59 Å². The van der Waals surface area contributed by atoms with Crippen LogP contribution < -0.4 is 5.73 Å². The SMILES string of the molecule is CC(N)CCC(=O)N1CCN(C(=O)CCC2CCCCC2)CC1. The van der Waals surface area contributed by atoms with E-state index < -0.39 is 0 Å². The van der Waals surface area contributed by atoms with Gasteiger partial charge in [0.05, 0.1) is 0 Å². The third-order valence-electron chi connectivity index (χ3n) is 5.29. The molecule has 1 heterocycles. The molecule has 2 aliphatic rings. The summed E-state index contributed by atoms with van der Waals surface area (Å²) in [6.45, 7) is 4.65. The van der Waals surface area contributed by atoms with Crippen LogP contribution in [-0.4, -0.2) is 53.8 Å². The second-order valence-corrected chi connectivity index (χ2v) is 7.32. The van der Waals surface area contributed by atoms with Crippen LogP contribution >= 0.6 is 0 Å². The topological polar surface area (TPSA) is 66.6 Å². The van der Waals surface area contributed by atoms with E-state index in [-0.39, 0.29) is 17.9 Å². The summed E-state index contributed by atoms with van der Waals surface area (Å²) in [5, 5.41) is 0. The highest BCUT2D eigenvalue weighted by Crippen LogP contribution is 2.27. The van der Waals surface area contributed by atoms with Crippen LogP contribution in [0.4, 0.5) is 0 Å². The molecular formula is C18H33N3O2. The van der Waals surface area contributed by atoms with Crippen molar-refractivity contribution in [3.05, 3.63) is 0 Å². The molecule has 0 radical (unpaired) electrons.